The molecule has 0 radical (unpaired) electrons. The molecule has 0 aliphatic rings. The van der Waals surface area contributed by atoms with Crippen molar-refractivity contribution >= 4 is 33.0 Å². The van der Waals surface area contributed by atoms with Crippen LogP contribution >= 0.6 is 22.9 Å². The minimum absolute atomic E-state index is 0.278. The quantitative estimate of drug-likeness (QED) is 0.686. The van der Waals surface area contributed by atoms with Crippen LogP contribution in [-0.4, -0.2) is 5.11 Å². The molecule has 1 aromatic carbocycles. The van der Waals surface area contributed by atoms with E-state index in [9.17, 15) is 5.11 Å². The second kappa shape index (κ2) is 2.64. The normalized spacial score (nSPS) is 10.8. The molecule has 0 atom stereocenters. The van der Waals surface area contributed by atoms with Gasteiger partial charge in [-0.15, -0.1) is 11.3 Å². The molecule has 1 nitrogen and oxygen atoms in total. The second-order valence-electron chi connectivity index (χ2n) is 2.74. The Labute approximate surface area is 79.2 Å². The largest absolute Gasteiger partial charge is 0.506 e. The molecule has 2 rings (SSSR count). The van der Waals surface area contributed by atoms with Gasteiger partial charge in [-0.25, -0.2) is 0 Å². The summed E-state index contributed by atoms with van der Waals surface area (Å²) in [6, 6.07) is 3.88. The topological polar surface area (TPSA) is 20.2 Å². The third-order valence-electron chi connectivity index (χ3n) is 1.75. The molecule has 0 aliphatic heterocycles. The van der Waals surface area contributed by atoms with Crippen molar-refractivity contribution in [1.82, 2.24) is 0 Å². The Balaban J connectivity index is 2.93. The van der Waals surface area contributed by atoms with E-state index < -0.39 is 0 Å². The predicted octanol–water partition coefficient (Wildman–Crippen LogP) is 3.57. The van der Waals surface area contributed by atoms with E-state index in [1.54, 1.807) is 5.38 Å². The van der Waals surface area contributed by atoms with Gasteiger partial charge >= 0.3 is 0 Å². The van der Waals surface area contributed by atoms with Crippen molar-refractivity contribution < 1.29 is 5.11 Å². The van der Waals surface area contributed by atoms with Crippen LogP contribution in [0.5, 0.6) is 5.75 Å². The number of hydrogen-bond donors (Lipinski definition) is 1. The van der Waals surface area contributed by atoms with Crippen molar-refractivity contribution in [3.05, 3.63) is 28.1 Å². The van der Waals surface area contributed by atoms with Crippen molar-refractivity contribution in [3.8, 4) is 5.75 Å². The lowest BCUT2D eigenvalue weighted by atomic mass is 10.2. The van der Waals surface area contributed by atoms with E-state index in [-0.39, 0.29) is 5.75 Å². The van der Waals surface area contributed by atoms with Gasteiger partial charge in [0, 0.05) is 10.1 Å². The lowest BCUT2D eigenvalue weighted by Crippen LogP contribution is -1.72. The molecule has 0 bridgehead atoms. The standard InChI is InChI=1S/C9H7ClOS/c1-5-2-6(10)9-7(11)4-12-8(9)3-5/h2-4,11H,1H3. The molecule has 0 spiro atoms. The van der Waals surface area contributed by atoms with Gasteiger partial charge < -0.3 is 5.11 Å². The lowest BCUT2D eigenvalue weighted by molar-refractivity contribution is 0.484. The summed E-state index contributed by atoms with van der Waals surface area (Å²) in [5, 5.41) is 12.5. The maximum Gasteiger partial charge on any atom is 0.135 e. The summed E-state index contributed by atoms with van der Waals surface area (Å²) in [6.45, 7) is 1.99. The van der Waals surface area contributed by atoms with E-state index in [2.05, 4.69) is 0 Å². The van der Waals surface area contributed by atoms with E-state index >= 15 is 0 Å². The van der Waals surface area contributed by atoms with Crippen molar-refractivity contribution in [1.29, 1.82) is 0 Å². The fraction of sp³-hybridized carbons (Fsp3) is 0.111. The molecule has 3 heteroatoms. The smallest absolute Gasteiger partial charge is 0.135 e. The highest BCUT2D eigenvalue weighted by Crippen LogP contribution is 2.37. The van der Waals surface area contributed by atoms with Crippen LogP contribution in [0.4, 0.5) is 0 Å². The van der Waals surface area contributed by atoms with Gasteiger partial charge in [0.1, 0.15) is 5.75 Å². The minimum Gasteiger partial charge on any atom is -0.506 e. The first-order valence-corrected chi connectivity index (χ1v) is 4.80. The lowest BCUT2D eigenvalue weighted by Gasteiger charge is -1.96. The van der Waals surface area contributed by atoms with Gasteiger partial charge in [0.25, 0.3) is 0 Å². The molecular formula is C9H7ClOS. The molecule has 1 heterocycles. The number of halogens is 1. The van der Waals surface area contributed by atoms with Gasteiger partial charge in [-0.2, -0.15) is 0 Å². The zero-order chi connectivity index (χ0) is 8.72. The SMILES string of the molecule is Cc1cc(Cl)c2c(O)csc2c1. The maximum atomic E-state index is 9.41. The highest BCUT2D eigenvalue weighted by molar-refractivity contribution is 7.17. The second-order valence-corrected chi connectivity index (χ2v) is 4.06. The van der Waals surface area contributed by atoms with E-state index in [1.807, 2.05) is 19.1 Å². The molecule has 62 valence electrons. The van der Waals surface area contributed by atoms with Crippen LogP contribution in [0.1, 0.15) is 5.56 Å². The Morgan fingerprint density at radius 3 is 2.92 bits per heavy atom. The van der Waals surface area contributed by atoms with Crippen molar-refractivity contribution in [2.24, 2.45) is 0 Å². The molecule has 0 unspecified atom stereocenters. The molecular weight excluding hydrogens is 192 g/mol. The fourth-order valence-corrected chi connectivity index (χ4v) is 2.60. The number of hydrogen-bond acceptors (Lipinski definition) is 2. The fourth-order valence-electron chi connectivity index (χ4n) is 1.23. The first-order valence-electron chi connectivity index (χ1n) is 3.55. The Hall–Kier alpha value is -0.730. The van der Waals surface area contributed by atoms with Crippen LogP contribution in [-0.2, 0) is 0 Å². The average molecular weight is 199 g/mol. The van der Waals surface area contributed by atoms with Crippen LogP contribution in [0, 0.1) is 6.92 Å². The summed E-state index contributed by atoms with van der Waals surface area (Å²) in [5.74, 6) is 0.278. The molecule has 0 aliphatic carbocycles. The highest BCUT2D eigenvalue weighted by Gasteiger charge is 2.06. The van der Waals surface area contributed by atoms with Crippen LogP contribution in [0.3, 0.4) is 0 Å². The van der Waals surface area contributed by atoms with Crippen molar-refractivity contribution in [2.75, 3.05) is 0 Å². The van der Waals surface area contributed by atoms with Crippen LogP contribution < -0.4 is 0 Å². The predicted molar refractivity (Wildman–Crippen MR) is 53.2 cm³/mol. The van der Waals surface area contributed by atoms with Gasteiger partial charge in [0.2, 0.25) is 0 Å². The van der Waals surface area contributed by atoms with Gasteiger partial charge in [-0.3, -0.25) is 0 Å². The first-order chi connectivity index (χ1) is 5.68. The number of aryl methyl sites for hydroxylation is 1. The molecule has 1 N–H and O–H groups in total. The third-order valence-corrected chi connectivity index (χ3v) is 2.97. The third kappa shape index (κ3) is 1.08. The van der Waals surface area contributed by atoms with E-state index in [4.69, 9.17) is 11.6 Å². The van der Waals surface area contributed by atoms with E-state index in [0.717, 1.165) is 15.6 Å². The summed E-state index contributed by atoms with van der Waals surface area (Å²) >= 11 is 7.46. The zero-order valence-electron chi connectivity index (χ0n) is 6.47. The summed E-state index contributed by atoms with van der Waals surface area (Å²) in [6.07, 6.45) is 0. The Bertz CT molecular complexity index is 433. The van der Waals surface area contributed by atoms with Crippen molar-refractivity contribution in [3.63, 3.8) is 0 Å². The molecule has 2 aromatic rings. The van der Waals surface area contributed by atoms with Gasteiger partial charge in [-0.1, -0.05) is 11.6 Å². The first kappa shape index (κ1) is 7.90. The average Bonchev–Trinajstić information content (AvgIpc) is 2.31. The summed E-state index contributed by atoms with van der Waals surface area (Å²) in [4.78, 5) is 0. The Morgan fingerprint density at radius 2 is 2.17 bits per heavy atom. The van der Waals surface area contributed by atoms with Gasteiger partial charge in [0.05, 0.1) is 10.4 Å². The summed E-state index contributed by atoms with van der Waals surface area (Å²) < 4.78 is 1.04. The van der Waals surface area contributed by atoms with Crippen LogP contribution in [0.2, 0.25) is 5.02 Å². The van der Waals surface area contributed by atoms with Gasteiger partial charge in [0.15, 0.2) is 0 Å². The molecule has 1 aromatic heterocycles. The van der Waals surface area contributed by atoms with Crippen LogP contribution in [0.25, 0.3) is 10.1 Å². The van der Waals surface area contributed by atoms with E-state index in [1.165, 1.54) is 11.3 Å². The maximum absolute atomic E-state index is 9.41. The highest BCUT2D eigenvalue weighted by atomic mass is 35.5. The van der Waals surface area contributed by atoms with Gasteiger partial charge in [-0.05, 0) is 24.6 Å². The summed E-state index contributed by atoms with van der Waals surface area (Å²) in [7, 11) is 0. The van der Waals surface area contributed by atoms with Crippen LogP contribution in [0.15, 0.2) is 17.5 Å². The summed E-state index contributed by atoms with van der Waals surface area (Å²) in [5.41, 5.74) is 1.12. The zero-order valence-corrected chi connectivity index (χ0v) is 8.04. The molecule has 0 saturated heterocycles. The Morgan fingerprint density at radius 1 is 1.42 bits per heavy atom. The number of rotatable bonds is 0. The number of benzene rings is 1. The molecule has 0 saturated carbocycles. The monoisotopic (exact) mass is 198 g/mol. The minimum atomic E-state index is 0.278. The number of aromatic hydroxyl groups is 1. The number of fused-ring (bicyclic) bond motifs is 1. The number of thiophene rings is 1. The Kier molecular flexibility index (Phi) is 1.74. The molecule has 12 heavy (non-hydrogen) atoms. The molecule has 0 amide bonds. The van der Waals surface area contributed by atoms with Crippen molar-refractivity contribution in [2.45, 2.75) is 6.92 Å². The van der Waals surface area contributed by atoms with E-state index in [0.29, 0.717) is 5.02 Å². The molecule has 0 fully saturated rings.